The lowest BCUT2D eigenvalue weighted by molar-refractivity contribution is -0.132. The van der Waals surface area contributed by atoms with Crippen molar-refractivity contribution in [3.8, 4) is 11.3 Å². The summed E-state index contributed by atoms with van der Waals surface area (Å²) in [5, 5.41) is 15.3. The molecule has 1 saturated heterocycles. The monoisotopic (exact) mass is 364 g/mol. The van der Waals surface area contributed by atoms with Crippen LogP contribution in [-0.2, 0) is 9.59 Å². The van der Waals surface area contributed by atoms with Crippen LogP contribution in [0.15, 0.2) is 42.7 Å². The van der Waals surface area contributed by atoms with Gasteiger partial charge < -0.3 is 10.2 Å². The molecule has 1 aliphatic rings. The van der Waals surface area contributed by atoms with Crippen LogP contribution in [0.25, 0.3) is 16.9 Å². The second-order valence-corrected chi connectivity index (χ2v) is 6.70. The normalized spacial score (nSPS) is 15.1. The number of nitrogens with zero attached hydrogens (tertiary/aromatic N) is 5. The van der Waals surface area contributed by atoms with Gasteiger partial charge in [0, 0.05) is 37.2 Å². The highest BCUT2D eigenvalue weighted by atomic mass is 16.2. The number of hydrogen-bond donors (Lipinski definition) is 1. The number of anilines is 1. The zero-order valence-corrected chi connectivity index (χ0v) is 15.0. The third-order valence-electron chi connectivity index (χ3n) is 4.90. The fourth-order valence-electron chi connectivity index (χ4n) is 3.34. The average molecular weight is 364 g/mol. The maximum absolute atomic E-state index is 12.6. The Labute approximate surface area is 156 Å². The standard InChI is InChI=1S/C19H20N6O2/c1-13(26)24-9-7-14(8-10-24)19(27)21-16-4-2-3-15(11-16)17-5-6-18-22-20-12-25(18)23-17/h2-6,11-12,14H,7-10H2,1H3,(H,21,27). The number of likely N-dealkylation sites (tertiary alicyclic amines) is 1. The van der Waals surface area contributed by atoms with Gasteiger partial charge in [-0.15, -0.1) is 10.2 Å². The van der Waals surface area contributed by atoms with Gasteiger partial charge >= 0.3 is 0 Å². The molecule has 3 heterocycles. The number of aromatic nitrogens is 4. The van der Waals surface area contributed by atoms with E-state index in [9.17, 15) is 9.59 Å². The van der Waals surface area contributed by atoms with Crippen LogP contribution in [0.2, 0.25) is 0 Å². The molecule has 0 bridgehead atoms. The molecule has 0 radical (unpaired) electrons. The Bertz CT molecular complexity index is 991. The maximum Gasteiger partial charge on any atom is 0.227 e. The van der Waals surface area contributed by atoms with E-state index < -0.39 is 0 Å². The molecule has 4 rings (SSSR count). The van der Waals surface area contributed by atoms with E-state index in [1.165, 1.54) is 0 Å². The number of hydrogen-bond acceptors (Lipinski definition) is 5. The van der Waals surface area contributed by atoms with Crippen molar-refractivity contribution in [2.24, 2.45) is 5.92 Å². The quantitative estimate of drug-likeness (QED) is 0.767. The summed E-state index contributed by atoms with van der Waals surface area (Å²) >= 11 is 0. The van der Waals surface area contributed by atoms with Crippen molar-refractivity contribution in [2.45, 2.75) is 19.8 Å². The molecule has 0 atom stereocenters. The summed E-state index contributed by atoms with van der Waals surface area (Å²) in [6.07, 6.45) is 2.94. The van der Waals surface area contributed by atoms with E-state index in [4.69, 9.17) is 0 Å². The van der Waals surface area contributed by atoms with E-state index in [2.05, 4.69) is 20.6 Å². The predicted octanol–water partition coefficient (Wildman–Crippen LogP) is 1.99. The lowest BCUT2D eigenvalue weighted by atomic mass is 9.95. The van der Waals surface area contributed by atoms with Gasteiger partial charge in [0.2, 0.25) is 11.8 Å². The summed E-state index contributed by atoms with van der Waals surface area (Å²) in [4.78, 5) is 25.8. The molecule has 138 valence electrons. The van der Waals surface area contributed by atoms with E-state index in [1.54, 1.807) is 22.7 Å². The van der Waals surface area contributed by atoms with Crippen LogP contribution in [0, 0.1) is 5.92 Å². The molecule has 8 heteroatoms. The zero-order valence-electron chi connectivity index (χ0n) is 15.0. The highest BCUT2D eigenvalue weighted by Crippen LogP contribution is 2.23. The lowest BCUT2D eigenvalue weighted by Gasteiger charge is -2.30. The Hall–Kier alpha value is -3.29. The van der Waals surface area contributed by atoms with Crippen molar-refractivity contribution in [1.82, 2.24) is 24.7 Å². The number of rotatable bonds is 3. The van der Waals surface area contributed by atoms with Gasteiger partial charge in [-0.1, -0.05) is 12.1 Å². The first-order chi connectivity index (χ1) is 13.1. The first-order valence-corrected chi connectivity index (χ1v) is 8.94. The molecule has 8 nitrogen and oxygen atoms in total. The van der Waals surface area contributed by atoms with Gasteiger partial charge in [0.25, 0.3) is 0 Å². The van der Waals surface area contributed by atoms with Crippen LogP contribution in [0.4, 0.5) is 5.69 Å². The molecule has 27 heavy (non-hydrogen) atoms. The summed E-state index contributed by atoms with van der Waals surface area (Å²) in [7, 11) is 0. The maximum atomic E-state index is 12.6. The fourth-order valence-corrected chi connectivity index (χ4v) is 3.34. The molecular weight excluding hydrogens is 344 g/mol. The van der Waals surface area contributed by atoms with Gasteiger partial charge in [0.15, 0.2) is 5.65 Å². The Kier molecular flexibility index (Phi) is 4.53. The molecule has 2 amide bonds. The third kappa shape index (κ3) is 3.64. The van der Waals surface area contributed by atoms with Crippen molar-refractivity contribution >= 4 is 23.1 Å². The summed E-state index contributed by atoms with van der Waals surface area (Å²) in [6.45, 7) is 2.84. The molecule has 1 N–H and O–H groups in total. The molecule has 3 aromatic rings. The Morgan fingerprint density at radius 3 is 2.74 bits per heavy atom. The SMILES string of the molecule is CC(=O)N1CCC(C(=O)Nc2cccc(-c3ccc4nncn4n3)c2)CC1. The molecule has 1 aliphatic heterocycles. The van der Waals surface area contributed by atoms with Crippen LogP contribution < -0.4 is 5.32 Å². The van der Waals surface area contributed by atoms with Crippen molar-refractivity contribution < 1.29 is 9.59 Å². The second kappa shape index (κ2) is 7.14. The fraction of sp³-hybridized carbons (Fsp3) is 0.316. The first-order valence-electron chi connectivity index (χ1n) is 8.94. The van der Waals surface area contributed by atoms with E-state index in [0.717, 1.165) is 16.9 Å². The minimum atomic E-state index is -0.0734. The molecular formula is C19H20N6O2. The van der Waals surface area contributed by atoms with Crippen molar-refractivity contribution in [2.75, 3.05) is 18.4 Å². The zero-order chi connectivity index (χ0) is 18.8. The number of fused-ring (bicyclic) bond motifs is 1. The highest BCUT2D eigenvalue weighted by Gasteiger charge is 2.26. The third-order valence-corrected chi connectivity index (χ3v) is 4.90. The molecule has 1 fully saturated rings. The number of carbonyl (C=O) groups is 2. The van der Waals surface area contributed by atoms with Crippen LogP contribution in [0.1, 0.15) is 19.8 Å². The lowest BCUT2D eigenvalue weighted by Crippen LogP contribution is -2.40. The van der Waals surface area contributed by atoms with Crippen LogP contribution in [0.5, 0.6) is 0 Å². The van der Waals surface area contributed by atoms with Crippen LogP contribution in [0.3, 0.4) is 0 Å². The first kappa shape index (κ1) is 17.1. The minimum Gasteiger partial charge on any atom is -0.343 e. The number of carbonyl (C=O) groups excluding carboxylic acids is 2. The van der Waals surface area contributed by atoms with E-state index in [0.29, 0.717) is 31.6 Å². The topological polar surface area (TPSA) is 92.5 Å². The van der Waals surface area contributed by atoms with E-state index >= 15 is 0 Å². The van der Waals surface area contributed by atoms with Gasteiger partial charge in [-0.2, -0.15) is 9.61 Å². The summed E-state index contributed by atoms with van der Waals surface area (Å²) in [5.74, 6) is -0.00699. The van der Waals surface area contributed by atoms with Gasteiger partial charge in [-0.3, -0.25) is 9.59 Å². The van der Waals surface area contributed by atoms with Crippen molar-refractivity contribution in [1.29, 1.82) is 0 Å². The van der Waals surface area contributed by atoms with Crippen LogP contribution >= 0.6 is 0 Å². The molecule has 0 unspecified atom stereocenters. The van der Waals surface area contributed by atoms with Crippen molar-refractivity contribution in [3.05, 3.63) is 42.7 Å². The van der Waals surface area contributed by atoms with Gasteiger partial charge in [0.1, 0.15) is 6.33 Å². The predicted molar refractivity (Wildman–Crippen MR) is 99.8 cm³/mol. The van der Waals surface area contributed by atoms with Gasteiger partial charge in [-0.05, 0) is 37.1 Å². The smallest absolute Gasteiger partial charge is 0.227 e. The van der Waals surface area contributed by atoms with Gasteiger partial charge in [-0.25, -0.2) is 0 Å². The minimum absolute atomic E-state index is 0.00225. The number of piperidine rings is 1. The number of amides is 2. The number of benzene rings is 1. The van der Waals surface area contributed by atoms with Crippen molar-refractivity contribution in [3.63, 3.8) is 0 Å². The number of nitrogens with one attached hydrogen (secondary N) is 1. The van der Waals surface area contributed by atoms with Gasteiger partial charge in [0.05, 0.1) is 5.69 Å². The summed E-state index contributed by atoms with van der Waals surface area (Å²) in [5.41, 5.74) is 3.08. The Morgan fingerprint density at radius 1 is 1.15 bits per heavy atom. The second-order valence-electron chi connectivity index (χ2n) is 6.70. The molecule has 0 saturated carbocycles. The molecule has 2 aromatic heterocycles. The average Bonchev–Trinajstić information content (AvgIpc) is 3.16. The summed E-state index contributed by atoms with van der Waals surface area (Å²) in [6, 6.07) is 11.3. The Balaban J connectivity index is 1.46. The highest BCUT2D eigenvalue weighted by molar-refractivity contribution is 5.93. The largest absolute Gasteiger partial charge is 0.343 e. The molecule has 1 aromatic carbocycles. The molecule has 0 aliphatic carbocycles. The van der Waals surface area contributed by atoms with Crippen LogP contribution in [-0.4, -0.2) is 49.6 Å². The molecule has 0 spiro atoms. The van der Waals surface area contributed by atoms with E-state index in [-0.39, 0.29) is 17.7 Å². The van der Waals surface area contributed by atoms with E-state index in [1.807, 2.05) is 36.4 Å². The Morgan fingerprint density at radius 2 is 1.96 bits per heavy atom. The summed E-state index contributed by atoms with van der Waals surface area (Å²) < 4.78 is 1.61.